The number of hydrogen-bond acceptors (Lipinski definition) is 5. The van der Waals surface area contributed by atoms with E-state index < -0.39 is 5.97 Å². The molecule has 6 heteroatoms. The molecule has 0 atom stereocenters. The maximum absolute atomic E-state index is 10.6. The summed E-state index contributed by atoms with van der Waals surface area (Å²) < 4.78 is 0. The predicted octanol–water partition coefficient (Wildman–Crippen LogP) is 1.04. The molecular weight excluding hydrogens is 220 g/mol. The Morgan fingerprint density at radius 2 is 2.35 bits per heavy atom. The molecule has 1 rings (SSSR count). The van der Waals surface area contributed by atoms with Crippen molar-refractivity contribution in [2.24, 2.45) is 0 Å². The highest BCUT2D eigenvalue weighted by atomic mass is 16.4. The number of aliphatic carboxylic acids is 1. The number of nitrogens with zero attached hydrogens (tertiary/aromatic N) is 4. The smallest absolute Gasteiger partial charge is 0.305 e. The molecule has 0 aliphatic heterocycles. The van der Waals surface area contributed by atoms with Gasteiger partial charge in [0.05, 0.1) is 18.2 Å². The fraction of sp³-hybridized carbons (Fsp3) is 0.455. The van der Waals surface area contributed by atoms with E-state index in [1.165, 1.54) is 6.20 Å². The first-order valence-electron chi connectivity index (χ1n) is 5.26. The molecule has 1 N–H and O–H groups in total. The molecule has 0 saturated heterocycles. The molecule has 0 aliphatic rings. The van der Waals surface area contributed by atoms with Crippen molar-refractivity contribution in [3.05, 3.63) is 17.8 Å². The van der Waals surface area contributed by atoms with Crippen LogP contribution in [0.25, 0.3) is 0 Å². The zero-order chi connectivity index (χ0) is 12.8. The Kier molecular flexibility index (Phi) is 4.40. The SMILES string of the molecule is CC(C)N(CCC(=O)O)c1nnccc1C#N. The van der Waals surface area contributed by atoms with E-state index in [1.807, 2.05) is 19.9 Å². The minimum absolute atomic E-state index is 0.000374. The molecule has 0 fully saturated rings. The molecule has 0 aliphatic carbocycles. The first-order valence-corrected chi connectivity index (χ1v) is 5.26. The molecular formula is C11H14N4O2. The Bertz CT molecular complexity index is 439. The first kappa shape index (κ1) is 12.9. The quantitative estimate of drug-likeness (QED) is 0.818. The number of carboxylic acid groups (broad SMARTS) is 1. The average molecular weight is 234 g/mol. The Morgan fingerprint density at radius 1 is 1.65 bits per heavy atom. The topological polar surface area (TPSA) is 90.1 Å². The van der Waals surface area contributed by atoms with Crippen LogP contribution in [0, 0.1) is 11.3 Å². The Hall–Kier alpha value is -2.16. The Labute approximate surface area is 99.5 Å². The summed E-state index contributed by atoms with van der Waals surface area (Å²) >= 11 is 0. The van der Waals surface area contributed by atoms with Gasteiger partial charge in [0.1, 0.15) is 6.07 Å². The van der Waals surface area contributed by atoms with E-state index in [9.17, 15) is 4.79 Å². The number of rotatable bonds is 5. The van der Waals surface area contributed by atoms with Gasteiger partial charge >= 0.3 is 5.97 Å². The Morgan fingerprint density at radius 3 is 2.88 bits per heavy atom. The van der Waals surface area contributed by atoms with Gasteiger partial charge in [0, 0.05) is 12.6 Å². The molecule has 1 heterocycles. The molecule has 0 unspecified atom stereocenters. The summed E-state index contributed by atoms with van der Waals surface area (Å²) in [4.78, 5) is 12.3. The predicted molar refractivity (Wildman–Crippen MR) is 61.5 cm³/mol. The molecule has 90 valence electrons. The van der Waals surface area contributed by atoms with Gasteiger partial charge in [-0.2, -0.15) is 10.4 Å². The van der Waals surface area contributed by atoms with Gasteiger partial charge in [-0.05, 0) is 19.9 Å². The highest BCUT2D eigenvalue weighted by molar-refractivity contribution is 5.68. The van der Waals surface area contributed by atoms with E-state index in [0.717, 1.165) is 0 Å². The highest BCUT2D eigenvalue weighted by Crippen LogP contribution is 2.18. The monoisotopic (exact) mass is 234 g/mol. The summed E-state index contributed by atoms with van der Waals surface area (Å²) in [5.41, 5.74) is 0.402. The van der Waals surface area contributed by atoms with Gasteiger partial charge in [0.25, 0.3) is 0 Å². The van der Waals surface area contributed by atoms with Crippen molar-refractivity contribution in [3.8, 4) is 6.07 Å². The normalized spacial score (nSPS) is 10.0. The summed E-state index contributed by atoms with van der Waals surface area (Å²) in [6.07, 6.45) is 1.44. The minimum Gasteiger partial charge on any atom is -0.481 e. The molecule has 1 aromatic rings. The fourth-order valence-corrected chi connectivity index (χ4v) is 1.45. The van der Waals surface area contributed by atoms with E-state index in [2.05, 4.69) is 10.2 Å². The number of aromatic nitrogens is 2. The van der Waals surface area contributed by atoms with E-state index in [-0.39, 0.29) is 12.5 Å². The van der Waals surface area contributed by atoms with Crippen molar-refractivity contribution >= 4 is 11.8 Å². The number of nitriles is 1. The van der Waals surface area contributed by atoms with Gasteiger partial charge in [-0.15, -0.1) is 5.10 Å². The second-order valence-electron chi connectivity index (χ2n) is 3.81. The van der Waals surface area contributed by atoms with Gasteiger partial charge in [-0.25, -0.2) is 0 Å². The number of carbonyl (C=O) groups is 1. The van der Waals surface area contributed by atoms with Crippen LogP contribution < -0.4 is 4.90 Å². The van der Waals surface area contributed by atoms with Crippen molar-refractivity contribution in [3.63, 3.8) is 0 Å². The highest BCUT2D eigenvalue weighted by Gasteiger charge is 2.17. The summed E-state index contributed by atoms with van der Waals surface area (Å²) in [5, 5.41) is 25.3. The molecule has 1 aromatic heterocycles. The van der Waals surface area contributed by atoms with Crippen molar-refractivity contribution < 1.29 is 9.90 Å². The lowest BCUT2D eigenvalue weighted by atomic mass is 10.2. The van der Waals surface area contributed by atoms with Gasteiger partial charge in [0.2, 0.25) is 0 Å². The molecule has 0 saturated carbocycles. The number of carboxylic acids is 1. The summed E-state index contributed by atoms with van der Waals surface area (Å²) in [6.45, 7) is 4.13. The van der Waals surface area contributed by atoms with Crippen LogP contribution in [0.2, 0.25) is 0 Å². The summed E-state index contributed by atoms with van der Waals surface area (Å²) in [7, 11) is 0. The molecule has 0 bridgehead atoms. The molecule has 6 nitrogen and oxygen atoms in total. The van der Waals surface area contributed by atoms with E-state index in [1.54, 1.807) is 11.0 Å². The van der Waals surface area contributed by atoms with Gasteiger partial charge < -0.3 is 10.0 Å². The van der Waals surface area contributed by atoms with Crippen molar-refractivity contribution in [1.29, 1.82) is 5.26 Å². The van der Waals surface area contributed by atoms with Crippen molar-refractivity contribution in [2.75, 3.05) is 11.4 Å². The Balaban J connectivity index is 2.98. The maximum atomic E-state index is 10.6. The van der Waals surface area contributed by atoms with E-state index >= 15 is 0 Å². The third-order valence-electron chi connectivity index (χ3n) is 2.28. The standard InChI is InChI=1S/C11H14N4O2/c1-8(2)15(6-4-10(16)17)11-9(7-12)3-5-13-14-11/h3,5,8H,4,6H2,1-2H3,(H,16,17). The van der Waals surface area contributed by atoms with E-state index in [0.29, 0.717) is 17.9 Å². The molecule has 0 amide bonds. The zero-order valence-electron chi connectivity index (χ0n) is 9.79. The molecule has 0 radical (unpaired) electrons. The van der Waals surface area contributed by atoms with Gasteiger partial charge in [-0.3, -0.25) is 4.79 Å². The zero-order valence-corrected chi connectivity index (χ0v) is 9.79. The van der Waals surface area contributed by atoms with Crippen LogP contribution in [0.4, 0.5) is 5.82 Å². The maximum Gasteiger partial charge on any atom is 0.305 e. The average Bonchev–Trinajstić information content (AvgIpc) is 2.29. The molecule has 0 aromatic carbocycles. The van der Waals surface area contributed by atoms with Crippen LogP contribution >= 0.6 is 0 Å². The first-order chi connectivity index (χ1) is 8.06. The van der Waals surface area contributed by atoms with Crippen LogP contribution in [-0.2, 0) is 4.79 Å². The fourth-order valence-electron chi connectivity index (χ4n) is 1.45. The number of hydrogen-bond donors (Lipinski definition) is 1. The molecule has 17 heavy (non-hydrogen) atoms. The minimum atomic E-state index is -0.877. The summed E-state index contributed by atoms with van der Waals surface area (Å²) in [6, 6.07) is 3.65. The second-order valence-corrected chi connectivity index (χ2v) is 3.81. The lowest BCUT2D eigenvalue weighted by Crippen LogP contribution is -2.34. The third-order valence-corrected chi connectivity index (χ3v) is 2.28. The summed E-state index contributed by atoms with van der Waals surface area (Å²) in [5.74, 6) is -0.440. The van der Waals surface area contributed by atoms with Gasteiger partial charge in [0.15, 0.2) is 5.82 Å². The van der Waals surface area contributed by atoms with Crippen molar-refractivity contribution in [2.45, 2.75) is 26.3 Å². The third kappa shape index (κ3) is 3.41. The second kappa shape index (κ2) is 5.80. The molecule has 0 spiro atoms. The van der Waals surface area contributed by atoms with Crippen molar-refractivity contribution in [1.82, 2.24) is 10.2 Å². The van der Waals surface area contributed by atoms with Crippen LogP contribution in [0.1, 0.15) is 25.8 Å². The van der Waals surface area contributed by atoms with Crippen LogP contribution in [0.15, 0.2) is 12.3 Å². The van der Waals surface area contributed by atoms with Crippen LogP contribution in [0.5, 0.6) is 0 Å². The largest absolute Gasteiger partial charge is 0.481 e. The van der Waals surface area contributed by atoms with Crippen LogP contribution in [0.3, 0.4) is 0 Å². The van der Waals surface area contributed by atoms with E-state index in [4.69, 9.17) is 10.4 Å². The number of anilines is 1. The lowest BCUT2D eigenvalue weighted by molar-refractivity contribution is -0.136. The van der Waals surface area contributed by atoms with Crippen LogP contribution in [-0.4, -0.2) is 33.9 Å². The lowest BCUT2D eigenvalue weighted by Gasteiger charge is -2.27. The van der Waals surface area contributed by atoms with Gasteiger partial charge in [-0.1, -0.05) is 0 Å².